The molecule has 4 N–H and O–H groups in total. The van der Waals surface area contributed by atoms with Crippen molar-refractivity contribution in [1.29, 1.82) is 0 Å². The molecule has 0 radical (unpaired) electrons. The first kappa shape index (κ1) is 21.8. The van der Waals surface area contributed by atoms with Crippen LogP contribution < -0.4 is 16.4 Å². The lowest BCUT2D eigenvalue weighted by Gasteiger charge is -2.13. The van der Waals surface area contributed by atoms with Crippen LogP contribution in [0.2, 0.25) is 0 Å². The first-order chi connectivity index (χ1) is 14.7. The Kier molecular flexibility index (Phi) is 6.54. The minimum absolute atomic E-state index is 0.0220. The summed E-state index contributed by atoms with van der Waals surface area (Å²) in [6.45, 7) is 0.313. The van der Waals surface area contributed by atoms with Crippen molar-refractivity contribution in [2.45, 2.75) is 19.1 Å². The quantitative estimate of drug-likeness (QED) is 0.530. The standard InChI is InChI=1S/C22H19F3N4O2/c23-22(24,25)16-6-2-7-17(12-16)29-21(31)18-8-3-9-27-20(18)28-13-15-5-1-4-14(10-15)11-19(26)30/h1-10,12H,11,13H2,(H2,26,30)(H,27,28)(H,29,31). The summed E-state index contributed by atoms with van der Waals surface area (Å²) in [6, 6.07) is 14.7. The number of carbonyl (C=O) groups is 2. The molecule has 160 valence electrons. The number of pyridine rings is 1. The van der Waals surface area contributed by atoms with Crippen LogP contribution in [-0.2, 0) is 23.9 Å². The number of alkyl halides is 3. The predicted octanol–water partition coefficient (Wildman–Crippen LogP) is 3.99. The molecule has 0 unspecified atom stereocenters. The monoisotopic (exact) mass is 428 g/mol. The van der Waals surface area contributed by atoms with Gasteiger partial charge in [0.2, 0.25) is 5.91 Å². The van der Waals surface area contributed by atoms with Crippen molar-refractivity contribution in [3.05, 3.63) is 89.1 Å². The molecule has 0 aliphatic carbocycles. The molecule has 0 aliphatic heterocycles. The zero-order chi connectivity index (χ0) is 22.4. The summed E-state index contributed by atoms with van der Waals surface area (Å²) in [5, 5.41) is 5.51. The lowest BCUT2D eigenvalue weighted by atomic mass is 10.1. The van der Waals surface area contributed by atoms with Gasteiger partial charge in [-0.25, -0.2) is 4.98 Å². The number of primary amides is 1. The van der Waals surface area contributed by atoms with Crippen molar-refractivity contribution in [1.82, 2.24) is 4.98 Å². The van der Waals surface area contributed by atoms with E-state index in [1.54, 1.807) is 18.2 Å². The summed E-state index contributed by atoms with van der Waals surface area (Å²) in [4.78, 5) is 27.9. The average Bonchev–Trinajstić information content (AvgIpc) is 2.72. The molecular formula is C22H19F3N4O2. The maximum Gasteiger partial charge on any atom is 0.416 e. The highest BCUT2D eigenvalue weighted by Crippen LogP contribution is 2.30. The smallest absolute Gasteiger partial charge is 0.369 e. The number of aromatic nitrogens is 1. The van der Waals surface area contributed by atoms with Gasteiger partial charge < -0.3 is 16.4 Å². The molecule has 31 heavy (non-hydrogen) atoms. The first-order valence-corrected chi connectivity index (χ1v) is 9.26. The Hall–Kier alpha value is -3.88. The second-order valence-electron chi connectivity index (χ2n) is 6.75. The highest BCUT2D eigenvalue weighted by Gasteiger charge is 2.30. The molecule has 3 aromatic rings. The largest absolute Gasteiger partial charge is 0.416 e. The van der Waals surface area contributed by atoms with Crippen molar-refractivity contribution < 1.29 is 22.8 Å². The summed E-state index contributed by atoms with van der Waals surface area (Å²) < 4.78 is 38.7. The van der Waals surface area contributed by atoms with Crippen LogP contribution in [0.5, 0.6) is 0 Å². The van der Waals surface area contributed by atoms with Crippen LogP contribution >= 0.6 is 0 Å². The van der Waals surface area contributed by atoms with Crippen LogP contribution in [0.15, 0.2) is 66.9 Å². The zero-order valence-electron chi connectivity index (χ0n) is 16.2. The minimum Gasteiger partial charge on any atom is -0.369 e. The van der Waals surface area contributed by atoms with E-state index >= 15 is 0 Å². The van der Waals surface area contributed by atoms with Crippen LogP contribution in [0.1, 0.15) is 27.0 Å². The van der Waals surface area contributed by atoms with Gasteiger partial charge in [0, 0.05) is 18.4 Å². The summed E-state index contributed by atoms with van der Waals surface area (Å²) in [5.74, 6) is -0.770. The molecule has 2 aromatic carbocycles. The van der Waals surface area contributed by atoms with E-state index in [1.807, 2.05) is 12.1 Å². The Labute approximate surface area is 176 Å². The van der Waals surface area contributed by atoms with E-state index < -0.39 is 23.6 Å². The Balaban J connectivity index is 1.73. The fourth-order valence-corrected chi connectivity index (χ4v) is 2.94. The fourth-order valence-electron chi connectivity index (χ4n) is 2.94. The molecule has 0 aliphatic rings. The van der Waals surface area contributed by atoms with Gasteiger partial charge in [0.15, 0.2) is 0 Å². The van der Waals surface area contributed by atoms with Gasteiger partial charge in [-0.1, -0.05) is 30.3 Å². The van der Waals surface area contributed by atoms with Gasteiger partial charge in [-0.05, 0) is 41.5 Å². The van der Waals surface area contributed by atoms with Crippen LogP contribution in [0.3, 0.4) is 0 Å². The van der Waals surface area contributed by atoms with E-state index in [9.17, 15) is 22.8 Å². The van der Waals surface area contributed by atoms with E-state index in [4.69, 9.17) is 5.73 Å². The topological polar surface area (TPSA) is 97.1 Å². The molecule has 0 spiro atoms. The van der Waals surface area contributed by atoms with Gasteiger partial charge in [-0.15, -0.1) is 0 Å². The number of hydrogen-bond donors (Lipinski definition) is 3. The van der Waals surface area contributed by atoms with Crippen LogP contribution in [-0.4, -0.2) is 16.8 Å². The van der Waals surface area contributed by atoms with Gasteiger partial charge in [-0.2, -0.15) is 13.2 Å². The predicted molar refractivity (Wildman–Crippen MR) is 110 cm³/mol. The number of nitrogens with two attached hydrogens (primary N) is 1. The number of benzene rings is 2. The number of nitrogens with zero attached hydrogens (tertiary/aromatic N) is 1. The molecule has 0 saturated heterocycles. The van der Waals surface area contributed by atoms with Crippen molar-refractivity contribution >= 4 is 23.3 Å². The number of halogens is 3. The van der Waals surface area contributed by atoms with E-state index in [1.165, 1.54) is 24.4 Å². The second-order valence-corrected chi connectivity index (χ2v) is 6.75. The first-order valence-electron chi connectivity index (χ1n) is 9.26. The molecule has 0 bridgehead atoms. The van der Waals surface area contributed by atoms with Crippen LogP contribution in [0.25, 0.3) is 0 Å². The summed E-state index contributed by atoms with van der Waals surface area (Å²) in [5.41, 5.74) is 6.16. The second kappa shape index (κ2) is 9.29. The van der Waals surface area contributed by atoms with Gasteiger partial charge in [-0.3, -0.25) is 9.59 Å². The number of carbonyl (C=O) groups excluding carboxylic acids is 2. The van der Waals surface area contributed by atoms with Crippen molar-refractivity contribution in [3.8, 4) is 0 Å². The molecule has 6 nitrogen and oxygen atoms in total. The molecular weight excluding hydrogens is 409 g/mol. The van der Waals surface area contributed by atoms with E-state index in [0.717, 1.165) is 23.3 Å². The minimum atomic E-state index is -4.51. The average molecular weight is 428 g/mol. The summed E-state index contributed by atoms with van der Waals surface area (Å²) in [7, 11) is 0. The highest BCUT2D eigenvalue weighted by atomic mass is 19.4. The number of rotatable bonds is 7. The Morgan fingerprint density at radius 1 is 0.968 bits per heavy atom. The van der Waals surface area contributed by atoms with Gasteiger partial charge in [0.1, 0.15) is 5.82 Å². The van der Waals surface area contributed by atoms with Gasteiger partial charge >= 0.3 is 6.18 Å². The van der Waals surface area contributed by atoms with Gasteiger partial charge in [0.25, 0.3) is 5.91 Å². The molecule has 3 rings (SSSR count). The number of nitrogens with one attached hydrogen (secondary N) is 2. The molecule has 2 amide bonds. The van der Waals surface area contributed by atoms with Crippen LogP contribution in [0, 0.1) is 0 Å². The van der Waals surface area contributed by atoms with E-state index in [2.05, 4.69) is 15.6 Å². The van der Waals surface area contributed by atoms with Crippen LogP contribution in [0.4, 0.5) is 24.7 Å². The molecule has 0 atom stereocenters. The third-order valence-electron chi connectivity index (χ3n) is 4.33. The normalized spacial score (nSPS) is 11.1. The molecule has 9 heteroatoms. The van der Waals surface area contributed by atoms with E-state index in [0.29, 0.717) is 6.54 Å². The van der Waals surface area contributed by atoms with Crippen molar-refractivity contribution in [2.24, 2.45) is 5.73 Å². The van der Waals surface area contributed by atoms with E-state index in [-0.39, 0.29) is 23.5 Å². The SMILES string of the molecule is NC(=O)Cc1cccc(CNc2ncccc2C(=O)Nc2cccc(C(F)(F)F)c2)c1. The maximum atomic E-state index is 12.9. The molecule has 0 fully saturated rings. The highest BCUT2D eigenvalue weighted by molar-refractivity contribution is 6.07. The Morgan fingerprint density at radius 3 is 2.45 bits per heavy atom. The molecule has 1 aromatic heterocycles. The van der Waals surface area contributed by atoms with Crippen molar-refractivity contribution in [2.75, 3.05) is 10.6 Å². The van der Waals surface area contributed by atoms with Crippen molar-refractivity contribution in [3.63, 3.8) is 0 Å². The number of hydrogen-bond acceptors (Lipinski definition) is 4. The maximum absolute atomic E-state index is 12.9. The molecule has 1 heterocycles. The van der Waals surface area contributed by atoms with Gasteiger partial charge in [0.05, 0.1) is 17.5 Å². The lowest BCUT2D eigenvalue weighted by molar-refractivity contribution is -0.137. The summed E-state index contributed by atoms with van der Waals surface area (Å²) >= 11 is 0. The third kappa shape index (κ3) is 6.05. The third-order valence-corrected chi connectivity index (χ3v) is 4.33. The fraction of sp³-hybridized carbons (Fsp3) is 0.136. The molecule has 0 saturated carbocycles. The summed E-state index contributed by atoms with van der Waals surface area (Å²) in [6.07, 6.45) is -2.90. The Morgan fingerprint density at radius 2 is 1.71 bits per heavy atom. The number of anilines is 2. The Bertz CT molecular complexity index is 1100. The number of amides is 2. The lowest BCUT2D eigenvalue weighted by Crippen LogP contribution is -2.16. The zero-order valence-corrected chi connectivity index (χ0v) is 16.2.